The summed E-state index contributed by atoms with van der Waals surface area (Å²) >= 11 is 3.43. The Morgan fingerprint density at radius 3 is 2.94 bits per heavy atom. The predicted molar refractivity (Wildman–Crippen MR) is 71.1 cm³/mol. The number of halogens is 1. The van der Waals surface area contributed by atoms with Crippen LogP contribution < -0.4 is 9.47 Å². The van der Waals surface area contributed by atoms with Crippen molar-refractivity contribution in [2.45, 2.75) is 25.6 Å². The number of ether oxygens (including phenoxy) is 3. The van der Waals surface area contributed by atoms with Crippen molar-refractivity contribution in [3.8, 4) is 11.5 Å². The van der Waals surface area contributed by atoms with Crippen LogP contribution in [-0.4, -0.2) is 31.5 Å². The fourth-order valence-corrected chi connectivity index (χ4v) is 2.56. The van der Waals surface area contributed by atoms with Gasteiger partial charge in [0, 0.05) is 6.61 Å². The quantitative estimate of drug-likeness (QED) is 0.906. The predicted octanol–water partition coefficient (Wildman–Crippen LogP) is 2.51. The van der Waals surface area contributed by atoms with Crippen LogP contribution in [0.4, 0.5) is 0 Å². The number of hydrogen-bond acceptors (Lipinski definition) is 4. The second-order valence-corrected chi connectivity index (χ2v) is 5.07. The van der Waals surface area contributed by atoms with Crippen LogP contribution in [-0.2, 0) is 11.3 Å². The van der Waals surface area contributed by atoms with E-state index in [1.54, 1.807) is 13.2 Å². The summed E-state index contributed by atoms with van der Waals surface area (Å²) in [6.45, 7) is 1.31. The molecule has 0 saturated carbocycles. The third-order valence-electron chi connectivity index (χ3n) is 2.91. The zero-order valence-electron chi connectivity index (χ0n) is 10.3. The van der Waals surface area contributed by atoms with Gasteiger partial charge in [0.1, 0.15) is 6.61 Å². The monoisotopic (exact) mass is 316 g/mol. The minimum Gasteiger partial charge on any atom is -0.493 e. The minimum atomic E-state index is -0.0268. The highest BCUT2D eigenvalue weighted by Gasteiger charge is 2.18. The Bertz CT molecular complexity index is 402. The molecule has 1 N–H and O–H groups in total. The van der Waals surface area contributed by atoms with Gasteiger partial charge in [-0.15, -0.1) is 0 Å². The van der Waals surface area contributed by atoms with E-state index in [0.29, 0.717) is 18.1 Å². The van der Waals surface area contributed by atoms with Crippen LogP contribution in [0.5, 0.6) is 11.5 Å². The zero-order valence-corrected chi connectivity index (χ0v) is 11.9. The molecule has 1 unspecified atom stereocenters. The van der Waals surface area contributed by atoms with E-state index in [2.05, 4.69) is 15.9 Å². The molecule has 1 aromatic carbocycles. The van der Waals surface area contributed by atoms with Crippen LogP contribution in [0.3, 0.4) is 0 Å². The summed E-state index contributed by atoms with van der Waals surface area (Å²) in [4.78, 5) is 0. The average molecular weight is 317 g/mol. The third-order valence-corrected chi connectivity index (χ3v) is 3.50. The van der Waals surface area contributed by atoms with Crippen LogP contribution in [0.25, 0.3) is 0 Å². The van der Waals surface area contributed by atoms with Gasteiger partial charge in [-0.3, -0.25) is 0 Å². The second-order valence-electron chi connectivity index (χ2n) is 4.21. The van der Waals surface area contributed by atoms with E-state index in [9.17, 15) is 0 Å². The SMILES string of the molecule is COc1cc(CO)cc(Br)c1OCC1CCCO1. The van der Waals surface area contributed by atoms with Crippen molar-refractivity contribution in [2.24, 2.45) is 0 Å². The van der Waals surface area contributed by atoms with Crippen LogP contribution in [0.2, 0.25) is 0 Å². The first-order chi connectivity index (χ1) is 8.74. The molecular weight excluding hydrogens is 300 g/mol. The summed E-state index contributed by atoms with van der Waals surface area (Å²) in [6.07, 6.45) is 2.30. The van der Waals surface area contributed by atoms with Crippen molar-refractivity contribution < 1.29 is 19.3 Å². The topological polar surface area (TPSA) is 47.9 Å². The summed E-state index contributed by atoms with van der Waals surface area (Å²) < 4.78 is 17.3. The van der Waals surface area contributed by atoms with Gasteiger partial charge in [-0.1, -0.05) is 0 Å². The molecule has 1 aromatic rings. The lowest BCUT2D eigenvalue weighted by Crippen LogP contribution is -2.16. The molecule has 2 rings (SSSR count). The molecule has 0 aliphatic carbocycles. The van der Waals surface area contributed by atoms with Gasteiger partial charge in [0.15, 0.2) is 11.5 Å². The number of hydrogen-bond donors (Lipinski definition) is 1. The highest BCUT2D eigenvalue weighted by molar-refractivity contribution is 9.10. The molecule has 0 spiro atoms. The number of methoxy groups -OCH3 is 1. The van der Waals surface area contributed by atoms with Gasteiger partial charge in [0.05, 0.1) is 24.3 Å². The van der Waals surface area contributed by atoms with Crippen LogP contribution in [0.15, 0.2) is 16.6 Å². The van der Waals surface area contributed by atoms with Crippen molar-refractivity contribution in [1.29, 1.82) is 0 Å². The third kappa shape index (κ3) is 3.16. The Kier molecular flexibility index (Phi) is 4.86. The largest absolute Gasteiger partial charge is 0.493 e. The molecule has 100 valence electrons. The van der Waals surface area contributed by atoms with E-state index in [4.69, 9.17) is 19.3 Å². The first-order valence-corrected chi connectivity index (χ1v) is 6.75. The Morgan fingerprint density at radius 2 is 2.33 bits per heavy atom. The average Bonchev–Trinajstić information content (AvgIpc) is 2.89. The van der Waals surface area contributed by atoms with E-state index < -0.39 is 0 Å². The Balaban J connectivity index is 2.10. The van der Waals surface area contributed by atoms with Crippen molar-refractivity contribution in [3.63, 3.8) is 0 Å². The fourth-order valence-electron chi connectivity index (χ4n) is 1.96. The van der Waals surface area contributed by atoms with Gasteiger partial charge in [-0.05, 0) is 46.5 Å². The van der Waals surface area contributed by atoms with E-state index in [1.165, 1.54) is 0 Å². The molecule has 1 aliphatic rings. The summed E-state index contributed by atoms with van der Waals surface area (Å²) in [6, 6.07) is 3.60. The smallest absolute Gasteiger partial charge is 0.175 e. The van der Waals surface area contributed by atoms with Crippen LogP contribution in [0, 0.1) is 0 Å². The maximum Gasteiger partial charge on any atom is 0.175 e. The minimum absolute atomic E-state index is 0.0268. The lowest BCUT2D eigenvalue weighted by molar-refractivity contribution is 0.0666. The molecule has 0 aromatic heterocycles. The van der Waals surface area contributed by atoms with Crippen LogP contribution in [0.1, 0.15) is 18.4 Å². The Labute approximate surface area is 115 Å². The van der Waals surface area contributed by atoms with Crippen LogP contribution >= 0.6 is 15.9 Å². The van der Waals surface area contributed by atoms with Crippen molar-refractivity contribution in [2.75, 3.05) is 20.3 Å². The summed E-state index contributed by atoms with van der Waals surface area (Å²) in [5.41, 5.74) is 0.781. The maximum absolute atomic E-state index is 9.14. The fraction of sp³-hybridized carbons (Fsp3) is 0.538. The number of aliphatic hydroxyl groups excluding tert-OH is 1. The van der Waals surface area contributed by atoms with Crippen molar-refractivity contribution in [1.82, 2.24) is 0 Å². The molecule has 4 nitrogen and oxygen atoms in total. The summed E-state index contributed by atoms with van der Waals surface area (Å²) in [7, 11) is 1.59. The molecule has 1 saturated heterocycles. The Hall–Kier alpha value is -0.780. The van der Waals surface area contributed by atoms with Gasteiger partial charge < -0.3 is 19.3 Å². The first-order valence-electron chi connectivity index (χ1n) is 5.96. The Morgan fingerprint density at radius 1 is 1.50 bits per heavy atom. The summed E-state index contributed by atoms with van der Waals surface area (Å²) in [5, 5.41) is 9.14. The van der Waals surface area contributed by atoms with Crippen molar-refractivity contribution >= 4 is 15.9 Å². The standard InChI is InChI=1S/C13H17BrO4/c1-16-12-6-9(7-15)5-11(14)13(12)18-8-10-3-2-4-17-10/h5-6,10,15H,2-4,7-8H2,1H3. The molecule has 0 bridgehead atoms. The second kappa shape index (κ2) is 6.41. The number of aliphatic hydroxyl groups is 1. The molecule has 0 amide bonds. The molecule has 1 heterocycles. The van der Waals surface area contributed by atoms with Gasteiger partial charge in [0.2, 0.25) is 0 Å². The molecular formula is C13H17BrO4. The molecule has 1 aliphatic heterocycles. The number of rotatable bonds is 5. The lowest BCUT2D eigenvalue weighted by atomic mass is 10.2. The summed E-state index contributed by atoms with van der Waals surface area (Å²) in [5.74, 6) is 1.27. The maximum atomic E-state index is 9.14. The first kappa shape index (κ1) is 13.6. The molecule has 1 atom stereocenters. The van der Waals surface area contributed by atoms with Gasteiger partial charge in [-0.2, -0.15) is 0 Å². The lowest BCUT2D eigenvalue weighted by Gasteiger charge is -2.16. The van der Waals surface area contributed by atoms with Gasteiger partial charge in [0.25, 0.3) is 0 Å². The number of benzene rings is 1. The van der Waals surface area contributed by atoms with E-state index in [-0.39, 0.29) is 12.7 Å². The van der Waals surface area contributed by atoms with Gasteiger partial charge >= 0.3 is 0 Å². The normalized spacial score (nSPS) is 18.9. The highest BCUT2D eigenvalue weighted by Crippen LogP contribution is 2.37. The molecule has 18 heavy (non-hydrogen) atoms. The molecule has 1 fully saturated rings. The van der Waals surface area contributed by atoms with Gasteiger partial charge in [-0.25, -0.2) is 0 Å². The van der Waals surface area contributed by atoms with E-state index in [0.717, 1.165) is 29.5 Å². The molecule has 0 radical (unpaired) electrons. The zero-order chi connectivity index (χ0) is 13.0. The molecule has 5 heteroatoms. The van der Waals surface area contributed by atoms with E-state index >= 15 is 0 Å². The van der Waals surface area contributed by atoms with Crippen molar-refractivity contribution in [3.05, 3.63) is 22.2 Å². The highest BCUT2D eigenvalue weighted by atomic mass is 79.9. The van der Waals surface area contributed by atoms with E-state index in [1.807, 2.05) is 6.07 Å².